The van der Waals surface area contributed by atoms with Gasteiger partial charge in [0.2, 0.25) is 0 Å². The maximum atomic E-state index is 13.9. The maximum absolute atomic E-state index is 13.9. The van der Waals surface area contributed by atoms with Crippen molar-refractivity contribution in [2.24, 2.45) is 0 Å². The number of amides is 1. The molecule has 0 fully saturated rings. The van der Waals surface area contributed by atoms with Crippen molar-refractivity contribution < 1.29 is 23.4 Å². The zero-order chi connectivity index (χ0) is 19.4. The maximum Gasteiger partial charge on any atom is 0.261 e. The molecule has 0 spiro atoms. The molecule has 0 aliphatic carbocycles. The Labute approximate surface area is 159 Å². The Kier molecular flexibility index (Phi) is 5.56. The van der Waals surface area contributed by atoms with Crippen molar-refractivity contribution in [1.82, 2.24) is 4.98 Å². The van der Waals surface area contributed by atoms with E-state index in [1.54, 1.807) is 29.6 Å². The second-order valence-corrected chi connectivity index (χ2v) is 6.27. The molecule has 0 aliphatic rings. The number of ether oxygens (including phenoxy) is 3. The highest BCUT2D eigenvalue weighted by atomic mass is 32.1. The number of hydrogen-bond acceptors (Lipinski definition) is 6. The fraction of sp³-hybridized carbons (Fsp3) is 0.158. The smallest absolute Gasteiger partial charge is 0.261 e. The first-order chi connectivity index (χ1) is 13.0. The van der Waals surface area contributed by atoms with Gasteiger partial charge in [-0.15, -0.1) is 11.3 Å². The van der Waals surface area contributed by atoms with Gasteiger partial charge >= 0.3 is 0 Å². The molecule has 0 bridgehead atoms. The summed E-state index contributed by atoms with van der Waals surface area (Å²) in [6.45, 7) is 0. The molecule has 3 aromatic rings. The van der Waals surface area contributed by atoms with Gasteiger partial charge in [0.1, 0.15) is 11.5 Å². The van der Waals surface area contributed by atoms with Crippen LogP contribution in [0.1, 0.15) is 10.4 Å². The average Bonchev–Trinajstić information content (AvgIpc) is 3.15. The van der Waals surface area contributed by atoms with Crippen molar-refractivity contribution in [1.29, 1.82) is 0 Å². The first-order valence-electron chi connectivity index (χ1n) is 7.88. The van der Waals surface area contributed by atoms with E-state index in [-0.39, 0.29) is 11.7 Å². The van der Waals surface area contributed by atoms with Crippen molar-refractivity contribution in [2.45, 2.75) is 0 Å². The Morgan fingerprint density at radius 1 is 1.04 bits per heavy atom. The molecule has 6 nitrogen and oxygen atoms in total. The van der Waals surface area contributed by atoms with Crippen molar-refractivity contribution in [3.05, 3.63) is 53.2 Å². The summed E-state index contributed by atoms with van der Waals surface area (Å²) in [5.74, 6) is 0.296. The third kappa shape index (κ3) is 4.01. The van der Waals surface area contributed by atoms with Crippen LogP contribution in [0.3, 0.4) is 0 Å². The van der Waals surface area contributed by atoms with Gasteiger partial charge in [0.15, 0.2) is 16.7 Å². The van der Waals surface area contributed by atoms with E-state index in [9.17, 15) is 9.18 Å². The highest BCUT2D eigenvalue weighted by Crippen LogP contribution is 2.30. The summed E-state index contributed by atoms with van der Waals surface area (Å²) >= 11 is 1.24. The van der Waals surface area contributed by atoms with Crippen LogP contribution >= 0.6 is 11.3 Å². The second-order valence-electron chi connectivity index (χ2n) is 5.41. The quantitative estimate of drug-likeness (QED) is 0.684. The molecule has 2 aromatic carbocycles. The SMILES string of the molecule is COc1ccc(C(=O)Nc2nc(-c3ccc(OC)c(F)c3)cs2)c(OC)c1. The van der Waals surface area contributed by atoms with Crippen molar-refractivity contribution in [3.63, 3.8) is 0 Å². The fourth-order valence-corrected chi connectivity index (χ4v) is 3.15. The number of carbonyl (C=O) groups excluding carboxylic acids is 1. The molecule has 27 heavy (non-hydrogen) atoms. The van der Waals surface area contributed by atoms with Crippen LogP contribution in [-0.4, -0.2) is 32.2 Å². The number of nitrogens with one attached hydrogen (secondary N) is 1. The van der Waals surface area contributed by atoms with E-state index in [0.717, 1.165) is 0 Å². The van der Waals surface area contributed by atoms with Gasteiger partial charge in [0.25, 0.3) is 5.91 Å². The Hall–Kier alpha value is -3.13. The summed E-state index contributed by atoms with van der Waals surface area (Å²) in [6.07, 6.45) is 0. The first-order valence-corrected chi connectivity index (χ1v) is 8.76. The molecule has 0 saturated carbocycles. The zero-order valence-electron chi connectivity index (χ0n) is 14.9. The molecule has 0 radical (unpaired) electrons. The minimum Gasteiger partial charge on any atom is -0.497 e. The number of halogens is 1. The fourth-order valence-electron chi connectivity index (χ4n) is 2.44. The van der Waals surface area contributed by atoms with Gasteiger partial charge in [-0.25, -0.2) is 9.37 Å². The first kappa shape index (κ1) is 18.7. The largest absolute Gasteiger partial charge is 0.497 e. The Balaban J connectivity index is 1.80. The van der Waals surface area contributed by atoms with Crippen LogP contribution in [-0.2, 0) is 0 Å². The van der Waals surface area contributed by atoms with Gasteiger partial charge in [-0.1, -0.05) is 0 Å². The van der Waals surface area contributed by atoms with Crippen LogP contribution in [0.15, 0.2) is 41.8 Å². The summed E-state index contributed by atoms with van der Waals surface area (Å²) in [5.41, 5.74) is 1.50. The molecule has 1 heterocycles. The number of benzene rings is 2. The molecule has 0 unspecified atom stereocenters. The van der Waals surface area contributed by atoms with E-state index in [0.29, 0.717) is 33.5 Å². The summed E-state index contributed by atoms with van der Waals surface area (Å²) < 4.78 is 29.2. The summed E-state index contributed by atoms with van der Waals surface area (Å²) in [4.78, 5) is 16.9. The lowest BCUT2D eigenvalue weighted by molar-refractivity contribution is 0.102. The van der Waals surface area contributed by atoms with Gasteiger partial charge < -0.3 is 14.2 Å². The lowest BCUT2D eigenvalue weighted by Crippen LogP contribution is -2.13. The molecule has 3 rings (SSSR count). The molecule has 1 N–H and O–H groups in total. The van der Waals surface area contributed by atoms with Crippen LogP contribution in [0, 0.1) is 5.82 Å². The third-order valence-electron chi connectivity index (χ3n) is 3.83. The molecular formula is C19H17FN2O4S. The average molecular weight is 388 g/mol. The van der Waals surface area contributed by atoms with Crippen LogP contribution in [0.5, 0.6) is 17.2 Å². The minimum absolute atomic E-state index is 0.161. The number of methoxy groups -OCH3 is 3. The number of hydrogen-bond donors (Lipinski definition) is 1. The number of aromatic nitrogens is 1. The van der Waals surface area contributed by atoms with Gasteiger partial charge in [0.05, 0.1) is 32.6 Å². The van der Waals surface area contributed by atoms with Crippen LogP contribution in [0.4, 0.5) is 9.52 Å². The molecule has 140 valence electrons. The molecule has 0 atom stereocenters. The highest BCUT2D eigenvalue weighted by molar-refractivity contribution is 7.14. The van der Waals surface area contributed by atoms with Gasteiger partial charge in [-0.3, -0.25) is 10.1 Å². The van der Waals surface area contributed by atoms with Crippen LogP contribution in [0.2, 0.25) is 0 Å². The Bertz CT molecular complexity index is 974. The van der Waals surface area contributed by atoms with E-state index in [4.69, 9.17) is 14.2 Å². The topological polar surface area (TPSA) is 69.7 Å². The molecule has 8 heteroatoms. The molecular weight excluding hydrogens is 371 g/mol. The van der Waals surface area contributed by atoms with Crippen molar-refractivity contribution >= 4 is 22.4 Å². The number of nitrogens with zero attached hydrogens (tertiary/aromatic N) is 1. The van der Waals surface area contributed by atoms with E-state index in [1.165, 1.54) is 44.8 Å². The van der Waals surface area contributed by atoms with E-state index in [1.807, 2.05) is 0 Å². The van der Waals surface area contributed by atoms with Crippen molar-refractivity contribution in [3.8, 4) is 28.5 Å². The van der Waals surface area contributed by atoms with Crippen LogP contribution < -0.4 is 19.5 Å². The highest BCUT2D eigenvalue weighted by Gasteiger charge is 2.16. The monoisotopic (exact) mass is 388 g/mol. The summed E-state index contributed by atoms with van der Waals surface area (Å²) in [5, 5.41) is 4.86. The number of rotatable bonds is 6. The van der Waals surface area contributed by atoms with E-state index < -0.39 is 5.82 Å². The third-order valence-corrected chi connectivity index (χ3v) is 4.58. The van der Waals surface area contributed by atoms with Crippen molar-refractivity contribution in [2.75, 3.05) is 26.6 Å². The Morgan fingerprint density at radius 3 is 2.48 bits per heavy atom. The molecule has 0 saturated heterocycles. The Morgan fingerprint density at radius 2 is 1.81 bits per heavy atom. The zero-order valence-corrected chi connectivity index (χ0v) is 15.7. The lowest BCUT2D eigenvalue weighted by atomic mass is 10.1. The van der Waals surface area contributed by atoms with E-state index >= 15 is 0 Å². The lowest BCUT2D eigenvalue weighted by Gasteiger charge is -2.09. The van der Waals surface area contributed by atoms with Gasteiger partial charge in [0, 0.05) is 17.0 Å². The predicted molar refractivity (Wildman–Crippen MR) is 102 cm³/mol. The van der Waals surface area contributed by atoms with Gasteiger partial charge in [-0.05, 0) is 30.3 Å². The molecule has 1 amide bonds. The predicted octanol–water partition coefficient (Wildman–Crippen LogP) is 4.23. The second kappa shape index (κ2) is 8.05. The normalized spacial score (nSPS) is 10.4. The number of carbonyl (C=O) groups is 1. The molecule has 1 aromatic heterocycles. The minimum atomic E-state index is -0.475. The van der Waals surface area contributed by atoms with Gasteiger partial charge in [-0.2, -0.15) is 0 Å². The number of anilines is 1. The standard InChI is InChI=1S/C19H17FN2O4S/c1-24-12-5-6-13(17(9-12)26-3)18(23)22-19-21-15(10-27-19)11-4-7-16(25-2)14(20)8-11/h4-10H,1-3H3,(H,21,22,23). The number of thiazole rings is 1. The summed E-state index contributed by atoms with van der Waals surface area (Å²) in [7, 11) is 4.42. The van der Waals surface area contributed by atoms with E-state index in [2.05, 4.69) is 10.3 Å². The summed E-state index contributed by atoms with van der Waals surface area (Å²) in [6, 6.07) is 9.49. The van der Waals surface area contributed by atoms with Crippen LogP contribution in [0.25, 0.3) is 11.3 Å². The molecule has 0 aliphatic heterocycles.